The SMILES string of the molecule is C=C(CO)C12OC13C(CC(C)(C)C3OC(=O)C(O)C(C)C)C(C)C(O)C2=O. The van der Waals surface area contributed by atoms with Crippen LogP contribution in [0.4, 0.5) is 0 Å². The van der Waals surface area contributed by atoms with Gasteiger partial charge in [-0.2, -0.15) is 0 Å². The Kier molecular flexibility index (Phi) is 4.63. The first-order valence-corrected chi connectivity index (χ1v) is 9.48. The van der Waals surface area contributed by atoms with Crippen molar-refractivity contribution >= 4 is 11.8 Å². The predicted molar refractivity (Wildman–Crippen MR) is 95.6 cm³/mol. The van der Waals surface area contributed by atoms with Crippen molar-refractivity contribution in [1.82, 2.24) is 0 Å². The Bertz CT molecular complexity index is 684. The fourth-order valence-corrected chi connectivity index (χ4v) is 5.23. The Labute approximate surface area is 159 Å². The summed E-state index contributed by atoms with van der Waals surface area (Å²) in [5, 5.41) is 30.3. The number of aliphatic hydroxyl groups is 3. The molecule has 7 atom stereocenters. The quantitative estimate of drug-likeness (QED) is 0.362. The summed E-state index contributed by atoms with van der Waals surface area (Å²) in [6, 6.07) is 0. The van der Waals surface area contributed by atoms with Gasteiger partial charge < -0.3 is 24.8 Å². The van der Waals surface area contributed by atoms with Crippen molar-refractivity contribution in [1.29, 1.82) is 0 Å². The average Bonchev–Trinajstić information content (AvgIpc) is 3.26. The fraction of sp³-hybridized carbons (Fsp3) is 0.800. The summed E-state index contributed by atoms with van der Waals surface area (Å²) in [5.41, 5.74) is -3.11. The first-order valence-electron chi connectivity index (χ1n) is 9.48. The van der Waals surface area contributed by atoms with Gasteiger partial charge in [-0.25, -0.2) is 4.79 Å². The Morgan fingerprint density at radius 3 is 2.52 bits per heavy atom. The minimum absolute atomic E-state index is 0.159. The predicted octanol–water partition coefficient (Wildman–Crippen LogP) is 0.597. The van der Waals surface area contributed by atoms with Gasteiger partial charge in [-0.05, 0) is 23.8 Å². The maximum Gasteiger partial charge on any atom is 0.335 e. The van der Waals surface area contributed by atoms with E-state index in [-0.39, 0.29) is 17.4 Å². The molecule has 0 bridgehead atoms. The van der Waals surface area contributed by atoms with Crippen LogP contribution >= 0.6 is 0 Å². The zero-order valence-electron chi connectivity index (χ0n) is 16.6. The molecule has 2 aliphatic carbocycles. The maximum absolute atomic E-state index is 13.0. The molecular formula is C20H30O7. The van der Waals surface area contributed by atoms with E-state index in [1.54, 1.807) is 20.8 Å². The number of hydrogen-bond donors (Lipinski definition) is 3. The van der Waals surface area contributed by atoms with Gasteiger partial charge in [0.15, 0.2) is 17.3 Å². The molecule has 0 radical (unpaired) electrons. The molecule has 7 unspecified atom stereocenters. The van der Waals surface area contributed by atoms with Gasteiger partial charge in [-0.15, -0.1) is 0 Å². The average molecular weight is 382 g/mol. The van der Waals surface area contributed by atoms with Gasteiger partial charge in [0, 0.05) is 11.3 Å². The number of epoxide rings is 1. The molecule has 3 rings (SSSR count). The Balaban J connectivity index is 2.06. The van der Waals surface area contributed by atoms with Gasteiger partial charge in [0.1, 0.15) is 12.2 Å². The number of ether oxygens (including phenoxy) is 2. The highest BCUT2D eigenvalue weighted by molar-refractivity contribution is 6.00. The first-order chi connectivity index (χ1) is 12.4. The molecule has 152 valence electrons. The lowest BCUT2D eigenvalue weighted by Gasteiger charge is -2.38. The molecule has 7 nitrogen and oxygen atoms in total. The summed E-state index contributed by atoms with van der Waals surface area (Å²) in [7, 11) is 0. The van der Waals surface area contributed by atoms with Crippen LogP contribution in [-0.2, 0) is 19.1 Å². The van der Waals surface area contributed by atoms with Crippen molar-refractivity contribution in [2.75, 3.05) is 6.61 Å². The summed E-state index contributed by atoms with van der Waals surface area (Å²) < 4.78 is 11.8. The molecule has 1 saturated heterocycles. The molecule has 0 aromatic heterocycles. The number of hydrogen-bond acceptors (Lipinski definition) is 7. The van der Waals surface area contributed by atoms with Crippen LogP contribution in [0.3, 0.4) is 0 Å². The van der Waals surface area contributed by atoms with Gasteiger partial charge in [0.25, 0.3) is 0 Å². The molecule has 27 heavy (non-hydrogen) atoms. The smallest absolute Gasteiger partial charge is 0.335 e. The van der Waals surface area contributed by atoms with Crippen molar-refractivity contribution in [3.63, 3.8) is 0 Å². The number of esters is 1. The van der Waals surface area contributed by atoms with Crippen LogP contribution in [0.5, 0.6) is 0 Å². The lowest BCUT2D eigenvalue weighted by atomic mass is 9.64. The molecule has 2 saturated carbocycles. The monoisotopic (exact) mass is 382 g/mol. The van der Waals surface area contributed by atoms with Gasteiger partial charge in [0.05, 0.1) is 6.61 Å². The molecule has 0 aromatic carbocycles. The van der Waals surface area contributed by atoms with Crippen molar-refractivity contribution in [2.45, 2.75) is 70.6 Å². The highest BCUT2D eigenvalue weighted by Gasteiger charge is 2.89. The minimum Gasteiger partial charge on any atom is -0.457 e. The van der Waals surface area contributed by atoms with Crippen LogP contribution in [-0.4, -0.2) is 63.2 Å². The third-order valence-electron chi connectivity index (χ3n) is 6.77. The molecule has 3 fully saturated rings. The summed E-state index contributed by atoms with van der Waals surface area (Å²) in [5.74, 6) is -2.27. The third-order valence-corrected chi connectivity index (χ3v) is 6.77. The van der Waals surface area contributed by atoms with Gasteiger partial charge in [0.2, 0.25) is 5.78 Å². The first kappa shape index (κ1) is 20.5. The van der Waals surface area contributed by atoms with E-state index in [0.29, 0.717) is 6.42 Å². The molecule has 1 aliphatic heterocycles. The molecule has 3 N–H and O–H groups in total. The van der Waals surface area contributed by atoms with E-state index in [1.807, 2.05) is 13.8 Å². The third kappa shape index (κ3) is 2.41. The second-order valence-electron chi connectivity index (χ2n) is 9.31. The molecule has 1 heterocycles. The van der Waals surface area contributed by atoms with Gasteiger partial charge in [-0.1, -0.05) is 41.2 Å². The highest BCUT2D eigenvalue weighted by Crippen LogP contribution is 2.72. The van der Waals surface area contributed by atoms with Crippen LogP contribution in [0.2, 0.25) is 0 Å². The Morgan fingerprint density at radius 1 is 1.41 bits per heavy atom. The standard InChI is InChI=1S/C20H30O7/c1-9(2)13(22)16(25)26-17-18(5,6)7-12-11(4)14(23)15(24)19(10(3)8-21)20(12,17)27-19/h9,11-14,17,21-23H,3,7-8H2,1-2,4-6H3. The summed E-state index contributed by atoms with van der Waals surface area (Å²) >= 11 is 0. The van der Waals surface area contributed by atoms with E-state index >= 15 is 0 Å². The number of ketones is 1. The number of carbonyl (C=O) groups is 2. The van der Waals surface area contributed by atoms with Crippen LogP contribution in [0.15, 0.2) is 12.2 Å². The fourth-order valence-electron chi connectivity index (χ4n) is 5.23. The normalized spacial score (nSPS) is 43.1. The van der Waals surface area contributed by atoms with Crippen LogP contribution in [0.1, 0.15) is 41.0 Å². The van der Waals surface area contributed by atoms with Gasteiger partial charge >= 0.3 is 5.97 Å². The molecule has 1 spiro atoms. The van der Waals surface area contributed by atoms with Crippen molar-refractivity contribution in [2.24, 2.45) is 23.2 Å². The van der Waals surface area contributed by atoms with Crippen molar-refractivity contribution in [3.05, 3.63) is 12.2 Å². The summed E-state index contributed by atoms with van der Waals surface area (Å²) in [4.78, 5) is 25.5. The van der Waals surface area contributed by atoms with E-state index < -0.39 is 59.2 Å². The summed E-state index contributed by atoms with van der Waals surface area (Å²) in [6.07, 6.45) is -2.76. The van der Waals surface area contributed by atoms with Crippen LogP contribution < -0.4 is 0 Å². The van der Waals surface area contributed by atoms with E-state index in [4.69, 9.17) is 9.47 Å². The number of rotatable bonds is 5. The second-order valence-corrected chi connectivity index (χ2v) is 9.31. The van der Waals surface area contributed by atoms with Crippen LogP contribution in [0, 0.1) is 23.2 Å². The Morgan fingerprint density at radius 2 is 2.00 bits per heavy atom. The molecule has 3 aliphatic rings. The zero-order valence-corrected chi connectivity index (χ0v) is 16.6. The molecule has 7 heteroatoms. The van der Waals surface area contributed by atoms with Gasteiger partial charge in [-0.3, -0.25) is 4.79 Å². The second kappa shape index (κ2) is 6.11. The molecular weight excluding hydrogens is 352 g/mol. The van der Waals surface area contributed by atoms with E-state index in [0.717, 1.165) is 0 Å². The van der Waals surface area contributed by atoms with Crippen molar-refractivity contribution in [3.8, 4) is 0 Å². The lowest BCUT2D eigenvalue weighted by Crippen LogP contribution is -2.58. The highest BCUT2D eigenvalue weighted by atomic mass is 16.7. The van der Waals surface area contributed by atoms with E-state index in [9.17, 15) is 24.9 Å². The largest absolute Gasteiger partial charge is 0.457 e. The number of carbonyl (C=O) groups excluding carboxylic acids is 2. The van der Waals surface area contributed by atoms with E-state index in [1.165, 1.54) is 0 Å². The summed E-state index contributed by atoms with van der Waals surface area (Å²) in [6.45, 7) is 12.4. The van der Waals surface area contributed by atoms with Crippen molar-refractivity contribution < 1.29 is 34.4 Å². The molecule has 0 aromatic rings. The number of aliphatic hydroxyl groups excluding tert-OH is 3. The topological polar surface area (TPSA) is 117 Å². The maximum atomic E-state index is 13.0. The number of Topliss-reactive ketones (excluding diaryl/α,β-unsaturated/α-hetero) is 1. The minimum atomic E-state index is -1.56. The van der Waals surface area contributed by atoms with E-state index in [2.05, 4.69) is 6.58 Å². The lowest BCUT2D eigenvalue weighted by molar-refractivity contribution is -0.171. The zero-order chi connectivity index (χ0) is 20.5. The molecule has 0 amide bonds. The Hall–Kier alpha value is -1.28. The van der Waals surface area contributed by atoms with Crippen LogP contribution in [0.25, 0.3) is 0 Å².